The van der Waals surface area contributed by atoms with Crippen molar-refractivity contribution in [2.45, 2.75) is 13.3 Å². The Kier molecular flexibility index (Phi) is 5.87. The standard InChI is InChI=1S/C13H16O5/c1-2-5-17-6-7-18-13(16)11-8-10(9-14)3-4-12(11)15/h3-4,8-9,15H,2,5-7H2,1H3. The molecule has 0 radical (unpaired) electrons. The van der Waals surface area contributed by atoms with Gasteiger partial charge in [0.1, 0.15) is 24.2 Å². The van der Waals surface area contributed by atoms with Crippen molar-refractivity contribution < 1.29 is 24.2 Å². The summed E-state index contributed by atoms with van der Waals surface area (Å²) in [5, 5.41) is 9.49. The lowest BCUT2D eigenvalue weighted by Crippen LogP contribution is -2.11. The molecule has 0 atom stereocenters. The molecule has 18 heavy (non-hydrogen) atoms. The Bertz CT molecular complexity index is 414. The highest BCUT2D eigenvalue weighted by Gasteiger charge is 2.13. The molecule has 0 aliphatic heterocycles. The summed E-state index contributed by atoms with van der Waals surface area (Å²) in [7, 11) is 0. The van der Waals surface area contributed by atoms with E-state index in [0.717, 1.165) is 6.42 Å². The number of benzene rings is 1. The summed E-state index contributed by atoms with van der Waals surface area (Å²) < 4.78 is 10.1. The van der Waals surface area contributed by atoms with Crippen LogP contribution in [-0.4, -0.2) is 37.2 Å². The molecule has 0 fully saturated rings. The van der Waals surface area contributed by atoms with Crippen molar-refractivity contribution in [2.75, 3.05) is 19.8 Å². The van der Waals surface area contributed by atoms with Gasteiger partial charge >= 0.3 is 5.97 Å². The molecule has 1 N–H and O–H groups in total. The van der Waals surface area contributed by atoms with Gasteiger partial charge in [-0.25, -0.2) is 4.79 Å². The fraction of sp³-hybridized carbons (Fsp3) is 0.385. The Balaban J connectivity index is 2.53. The summed E-state index contributed by atoms with van der Waals surface area (Å²) >= 11 is 0. The summed E-state index contributed by atoms with van der Waals surface area (Å²) in [5.74, 6) is -0.878. The van der Waals surface area contributed by atoms with E-state index in [4.69, 9.17) is 9.47 Å². The Morgan fingerprint density at radius 1 is 1.33 bits per heavy atom. The molecule has 0 aliphatic rings. The molecule has 0 heterocycles. The molecule has 0 spiro atoms. The first-order chi connectivity index (χ1) is 8.69. The van der Waals surface area contributed by atoms with E-state index < -0.39 is 5.97 Å². The van der Waals surface area contributed by atoms with Gasteiger partial charge in [-0.15, -0.1) is 0 Å². The molecule has 0 aromatic heterocycles. The van der Waals surface area contributed by atoms with E-state index in [2.05, 4.69) is 0 Å². The number of carbonyl (C=O) groups is 2. The number of rotatable bonds is 7. The number of hydrogen-bond acceptors (Lipinski definition) is 5. The molecular weight excluding hydrogens is 236 g/mol. The van der Waals surface area contributed by atoms with Crippen LogP contribution in [0.1, 0.15) is 34.1 Å². The van der Waals surface area contributed by atoms with Crippen LogP contribution in [0.15, 0.2) is 18.2 Å². The van der Waals surface area contributed by atoms with Gasteiger partial charge in [0, 0.05) is 12.2 Å². The first kappa shape index (κ1) is 14.2. The molecule has 1 aromatic rings. The lowest BCUT2D eigenvalue weighted by Gasteiger charge is -2.07. The second-order valence-corrected chi connectivity index (χ2v) is 3.64. The molecule has 0 amide bonds. The average Bonchev–Trinajstić information content (AvgIpc) is 2.39. The number of phenolic OH excluding ortho intramolecular Hbond substituents is 1. The number of esters is 1. The fourth-order valence-electron chi connectivity index (χ4n) is 1.31. The Labute approximate surface area is 105 Å². The molecule has 5 heteroatoms. The molecule has 1 aromatic carbocycles. The Morgan fingerprint density at radius 3 is 2.78 bits per heavy atom. The van der Waals surface area contributed by atoms with Gasteiger partial charge in [-0.3, -0.25) is 4.79 Å². The van der Waals surface area contributed by atoms with Gasteiger partial charge in [-0.05, 0) is 24.6 Å². The van der Waals surface area contributed by atoms with Crippen LogP contribution in [0, 0.1) is 0 Å². The summed E-state index contributed by atoms with van der Waals surface area (Å²) in [5.41, 5.74) is 0.289. The average molecular weight is 252 g/mol. The monoisotopic (exact) mass is 252 g/mol. The lowest BCUT2D eigenvalue weighted by atomic mass is 10.1. The number of aromatic hydroxyl groups is 1. The maximum absolute atomic E-state index is 11.6. The van der Waals surface area contributed by atoms with Crippen LogP contribution < -0.4 is 0 Å². The summed E-state index contributed by atoms with van der Waals surface area (Å²) in [4.78, 5) is 22.2. The minimum absolute atomic E-state index is 0.0184. The molecular formula is C13H16O5. The van der Waals surface area contributed by atoms with Gasteiger partial charge in [0.2, 0.25) is 0 Å². The Morgan fingerprint density at radius 2 is 2.11 bits per heavy atom. The largest absolute Gasteiger partial charge is 0.507 e. The number of ether oxygens (including phenoxy) is 2. The Hall–Kier alpha value is -1.88. The van der Waals surface area contributed by atoms with Crippen molar-refractivity contribution in [2.24, 2.45) is 0 Å². The van der Waals surface area contributed by atoms with E-state index in [9.17, 15) is 14.7 Å². The maximum Gasteiger partial charge on any atom is 0.342 e. The van der Waals surface area contributed by atoms with Crippen LogP contribution >= 0.6 is 0 Å². The van der Waals surface area contributed by atoms with Crippen LogP contribution in [0.2, 0.25) is 0 Å². The minimum Gasteiger partial charge on any atom is -0.507 e. The third-order valence-electron chi connectivity index (χ3n) is 2.19. The quantitative estimate of drug-likeness (QED) is 0.455. The first-order valence-corrected chi connectivity index (χ1v) is 5.72. The maximum atomic E-state index is 11.6. The van der Waals surface area contributed by atoms with E-state index in [1.807, 2.05) is 6.92 Å². The highest BCUT2D eigenvalue weighted by molar-refractivity contribution is 5.94. The van der Waals surface area contributed by atoms with E-state index in [0.29, 0.717) is 25.1 Å². The highest BCUT2D eigenvalue weighted by Crippen LogP contribution is 2.18. The van der Waals surface area contributed by atoms with E-state index in [-0.39, 0.29) is 17.9 Å². The number of aldehydes is 1. The van der Waals surface area contributed by atoms with E-state index in [1.54, 1.807) is 0 Å². The molecule has 0 unspecified atom stereocenters. The zero-order chi connectivity index (χ0) is 13.4. The van der Waals surface area contributed by atoms with Gasteiger partial charge in [-0.1, -0.05) is 6.92 Å². The fourth-order valence-corrected chi connectivity index (χ4v) is 1.31. The second-order valence-electron chi connectivity index (χ2n) is 3.64. The van der Waals surface area contributed by atoms with Gasteiger partial charge < -0.3 is 14.6 Å². The molecule has 0 saturated heterocycles. The summed E-state index contributed by atoms with van der Waals surface area (Å²) in [6.45, 7) is 3.02. The third kappa shape index (κ3) is 4.18. The van der Waals surface area contributed by atoms with Crippen LogP contribution in [-0.2, 0) is 9.47 Å². The zero-order valence-corrected chi connectivity index (χ0v) is 10.2. The summed E-state index contributed by atoms with van der Waals surface area (Å²) in [6.07, 6.45) is 1.50. The lowest BCUT2D eigenvalue weighted by molar-refractivity contribution is 0.0316. The van der Waals surface area contributed by atoms with E-state index in [1.165, 1.54) is 18.2 Å². The number of hydrogen-bond donors (Lipinski definition) is 1. The number of phenols is 1. The van der Waals surface area contributed by atoms with Crippen LogP contribution in [0.25, 0.3) is 0 Å². The van der Waals surface area contributed by atoms with Crippen molar-refractivity contribution in [1.82, 2.24) is 0 Å². The second kappa shape index (κ2) is 7.45. The first-order valence-electron chi connectivity index (χ1n) is 5.72. The molecule has 0 bridgehead atoms. The van der Waals surface area contributed by atoms with Crippen molar-refractivity contribution >= 4 is 12.3 Å². The van der Waals surface area contributed by atoms with Gasteiger partial charge in [0.25, 0.3) is 0 Å². The smallest absolute Gasteiger partial charge is 0.342 e. The predicted molar refractivity (Wildman–Crippen MR) is 64.9 cm³/mol. The topological polar surface area (TPSA) is 72.8 Å². The van der Waals surface area contributed by atoms with Crippen LogP contribution in [0.4, 0.5) is 0 Å². The summed E-state index contributed by atoms with van der Waals surface area (Å²) in [6, 6.07) is 3.99. The zero-order valence-electron chi connectivity index (χ0n) is 10.2. The SMILES string of the molecule is CCCOCCOC(=O)c1cc(C=O)ccc1O. The normalized spacial score (nSPS) is 10.1. The van der Waals surface area contributed by atoms with Crippen LogP contribution in [0.3, 0.4) is 0 Å². The predicted octanol–water partition coefficient (Wildman–Crippen LogP) is 1.79. The molecule has 98 valence electrons. The van der Waals surface area contributed by atoms with Crippen molar-refractivity contribution in [1.29, 1.82) is 0 Å². The molecule has 0 saturated carbocycles. The van der Waals surface area contributed by atoms with Crippen molar-refractivity contribution in [3.8, 4) is 5.75 Å². The van der Waals surface area contributed by atoms with Crippen molar-refractivity contribution in [3.63, 3.8) is 0 Å². The molecule has 1 rings (SSSR count). The molecule has 5 nitrogen and oxygen atoms in total. The minimum atomic E-state index is -0.670. The third-order valence-corrected chi connectivity index (χ3v) is 2.19. The van der Waals surface area contributed by atoms with E-state index >= 15 is 0 Å². The van der Waals surface area contributed by atoms with Gasteiger partial charge in [0.05, 0.1) is 6.61 Å². The van der Waals surface area contributed by atoms with Crippen LogP contribution in [0.5, 0.6) is 5.75 Å². The van der Waals surface area contributed by atoms with Crippen molar-refractivity contribution in [3.05, 3.63) is 29.3 Å². The number of carbonyl (C=O) groups excluding carboxylic acids is 2. The van der Waals surface area contributed by atoms with Gasteiger partial charge in [-0.2, -0.15) is 0 Å². The van der Waals surface area contributed by atoms with Gasteiger partial charge in [0.15, 0.2) is 0 Å². The highest BCUT2D eigenvalue weighted by atomic mass is 16.6. The molecule has 0 aliphatic carbocycles.